The number of piperidine rings is 1. The molecular weight excluding hydrogens is 354 g/mol. The Balaban J connectivity index is 1.24. The van der Waals surface area contributed by atoms with E-state index in [0.29, 0.717) is 35.2 Å². The summed E-state index contributed by atoms with van der Waals surface area (Å²) in [4.78, 5) is 4.29. The molecule has 3 aromatic rings. The van der Waals surface area contributed by atoms with Crippen LogP contribution in [0.5, 0.6) is 5.75 Å². The molecule has 2 aliphatic rings. The third kappa shape index (κ3) is 3.43. The molecular formula is C20H23N7O. The van der Waals surface area contributed by atoms with Crippen molar-refractivity contribution in [2.24, 2.45) is 5.92 Å². The first kappa shape index (κ1) is 17.1. The van der Waals surface area contributed by atoms with Gasteiger partial charge in [0.05, 0.1) is 0 Å². The van der Waals surface area contributed by atoms with Gasteiger partial charge in [-0.2, -0.15) is 0 Å². The Labute approximate surface area is 163 Å². The van der Waals surface area contributed by atoms with Crippen LogP contribution in [0.15, 0.2) is 42.7 Å². The van der Waals surface area contributed by atoms with Gasteiger partial charge in [-0.25, -0.2) is 9.67 Å². The molecule has 5 rings (SSSR count). The van der Waals surface area contributed by atoms with Crippen molar-refractivity contribution in [3.05, 3.63) is 42.7 Å². The lowest BCUT2D eigenvalue weighted by Crippen LogP contribution is -2.40. The molecule has 2 aromatic heterocycles. The molecule has 1 aromatic carbocycles. The number of para-hydroxylation sites is 2. The molecule has 2 aliphatic heterocycles. The first-order valence-electron chi connectivity index (χ1n) is 9.78. The van der Waals surface area contributed by atoms with Gasteiger partial charge in [-0.05, 0) is 55.9 Å². The second-order valence-corrected chi connectivity index (χ2v) is 7.66. The van der Waals surface area contributed by atoms with Gasteiger partial charge in [-0.15, -0.1) is 15.3 Å². The Hall–Kier alpha value is -3.00. The van der Waals surface area contributed by atoms with E-state index < -0.39 is 0 Å². The van der Waals surface area contributed by atoms with E-state index in [1.165, 1.54) is 30.4 Å². The molecule has 2 saturated heterocycles. The minimum absolute atomic E-state index is 0.149. The third-order valence-electron chi connectivity index (χ3n) is 5.66. The fourth-order valence-corrected chi connectivity index (χ4v) is 4.29. The summed E-state index contributed by atoms with van der Waals surface area (Å²) in [7, 11) is 0. The molecule has 2 bridgehead atoms. The average Bonchev–Trinajstić information content (AvgIpc) is 3.34. The molecule has 4 heterocycles. The van der Waals surface area contributed by atoms with E-state index in [1.807, 2.05) is 18.2 Å². The second-order valence-electron chi connectivity index (χ2n) is 7.66. The molecule has 0 amide bonds. The Morgan fingerprint density at radius 1 is 1.07 bits per heavy atom. The Bertz CT molecular complexity index is 943. The van der Waals surface area contributed by atoms with Crippen LogP contribution in [-0.2, 0) is 0 Å². The summed E-state index contributed by atoms with van der Waals surface area (Å²) in [5.41, 5.74) is 1.17. The van der Waals surface area contributed by atoms with E-state index in [-0.39, 0.29) is 5.75 Å². The lowest BCUT2D eigenvalue weighted by molar-refractivity contribution is 0.311. The highest BCUT2D eigenvalue weighted by molar-refractivity contribution is 5.51. The fraction of sp³-hybridized carbons (Fsp3) is 0.400. The molecule has 0 radical (unpaired) electrons. The SMILES string of the molecule is Oc1ccccc1-n1cnc(-c2ccc(NCC3CC4CCC(C3)N4)nn2)n1. The van der Waals surface area contributed by atoms with Crippen molar-refractivity contribution < 1.29 is 5.11 Å². The number of benzene rings is 1. The molecule has 2 unspecified atom stereocenters. The number of hydrogen-bond acceptors (Lipinski definition) is 7. The number of phenols is 1. The predicted molar refractivity (Wildman–Crippen MR) is 105 cm³/mol. The smallest absolute Gasteiger partial charge is 0.202 e. The van der Waals surface area contributed by atoms with Crippen LogP contribution in [0.25, 0.3) is 17.2 Å². The topological polar surface area (TPSA) is 101 Å². The zero-order chi connectivity index (χ0) is 18.9. The maximum Gasteiger partial charge on any atom is 0.202 e. The maximum atomic E-state index is 9.95. The van der Waals surface area contributed by atoms with Crippen LogP contribution in [0.2, 0.25) is 0 Å². The first-order chi connectivity index (χ1) is 13.7. The van der Waals surface area contributed by atoms with E-state index in [2.05, 4.69) is 30.9 Å². The number of nitrogens with zero attached hydrogens (tertiary/aromatic N) is 5. The molecule has 2 fully saturated rings. The van der Waals surface area contributed by atoms with Crippen LogP contribution in [0.4, 0.5) is 5.82 Å². The second kappa shape index (κ2) is 7.20. The van der Waals surface area contributed by atoms with Crippen molar-refractivity contribution in [2.45, 2.75) is 37.8 Å². The van der Waals surface area contributed by atoms with Crippen molar-refractivity contribution in [3.63, 3.8) is 0 Å². The number of aromatic nitrogens is 5. The van der Waals surface area contributed by atoms with E-state index in [0.717, 1.165) is 12.4 Å². The van der Waals surface area contributed by atoms with Gasteiger partial charge in [-0.1, -0.05) is 12.1 Å². The van der Waals surface area contributed by atoms with E-state index >= 15 is 0 Å². The standard InChI is InChI=1S/C20H23N7O/c28-18-4-2-1-3-17(18)27-12-22-20(26-27)16-7-8-19(25-24-16)21-11-13-9-14-5-6-15(10-13)23-14/h1-4,7-8,12-15,23,28H,5-6,9-11H2,(H,21,25). The van der Waals surface area contributed by atoms with Crippen LogP contribution in [0, 0.1) is 5.92 Å². The van der Waals surface area contributed by atoms with E-state index in [4.69, 9.17) is 0 Å². The van der Waals surface area contributed by atoms with Crippen molar-refractivity contribution in [2.75, 3.05) is 11.9 Å². The summed E-state index contributed by atoms with van der Waals surface area (Å²) in [6.45, 7) is 0.933. The molecule has 8 heteroatoms. The van der Waals surface area contributed by atoms with Gasteiger partial charge in [0.25, 0.3) is 0 Å². The minimum atomic E-state index is 0.149. The summed E-state index contributed by atoms with van der Waals surface area (Å²) in [5, 5.41) is 30.0. The van der Waals surface area contributed by atoms with Gasteiger partial charge >= 0.3 is 0 Å². The summed E-state index contributed by atoms with van der Waals surface area (Å²) in [6.07, 6.45) is 6.67. The largest absolute Gasteiger partial charge is 0.506 e. The number of anilines is 1. The van der Waals surface area contributed by atoms with Crippen LogP contribution >= 0.6 is 0 Å². The number of rotatable bonds is 5. The fourth-order valence-electron chi connectivity index (χ4n) is 4.29. The lowest BCUT2D eigenvalue weighted by atomic mass is 9.92. The van der Waals surface area contributed by atoms with Crippen molar-refractivity contribution in [1.82, 2.24) is 30.3 Å². The molecule has 144 valence electrons. The quantitative estimate of drug-likeness (QED) is 0.627. The van der Waals surface area contributed by atoms with Crippen molar-refractivity contribution in [3.8, 4) is 23.0 Å². The van der Waals surface area contributed by atoms with E-state index in [1.54, 1.807) is 24.5 Å². The van der Waals surface area contributed by atoms with E-state index in [9.17, 15) is 5.11 Å². The first-order valence-corrected chi connectivity index (χ1v) is 9.78. The molecule has 0 aliphatic carbocycles. The zero-order valence-corrected chi connectivity index (χ0v) is 15.5. The summed E-state index contributed by atoms with van der Waals surface area (Å²) in [5.74, 6) is 2.08. The predicted octanol–water partition coefficient (Wildman–Crippen LogP) is 2.37. The van der Waals surface area contributed by atoms with Crippen LogP contribution < -0.4 is 10.6 Å². The Kier molecular flexibility index (Phi) is 4.40. The Morgan fingerprint density at radius 2 is 1.89 bits per heavy atom. The van der Waals surface area contributed by atoms with Gasteiger partial charge < -0.3 is 15.7 Å². The number of fused-ring (bicyclic) bond motifs is 2. The summed E-state index contributed by atoms with van der Waals surface area (Å²) in [6, 6.07) is 12.2. The highest BCUT2D eigenvalue weighted by Crippen LogP contribution is 2.31. The monoisotopic (exact) mass is 377 g/mol. The number of phenolic OH excluding ortho intramolecular Hbond substituents is 1. The highest BCUT2D eigenvalue weighted by Gasteiger charge is 2.33. The molecule has 2 atom stereocenters. The van der Waals surface area contributed by atoms with Crippen LogP contribution in [0.3, 0.4) is 0 Å². The van der Waals surface area contributed by atoms with Crippen LogP contribution in [0.1, 0.15) is 25.7 Å². The molecule has 0 spiro atoms. The Morgan fingerprint density at radius 3 is 2.64 bits per heavy atom. The molecule has 28 heavy (non-hydrogen) atoms. The normalized spacial score (nSPS) is 23.6. The minimum Gasteiger partial charge on any atom is -0.506 e. The average molecular weight is 377 g/mol. The molecule has 8 nitrogen and oxygen atoms in total. The highest BCUT2D eigenvalue weighted by atomic mass is 16.3. The molecule has 0 saturated carbocycles. The zero-order valence-electron chi connectivity index (χ0n) is 15.5. The van der Waals surface area contributed by atoms with Gasteiger partial charge in [-0.3, -0.25) is 0 Å². The summed E-state index contributed by atoms with van der Waals surface area (Å²) >= 11 is 0. The van der Waals surface area contributed by atoms with Gasteiger partial charge in [0.2, 0.25) is 5.82 Å². The summed E-state index contributed by atoms with van der Waals surface area (Å²) < 4.78 is 1.53. The van der Waals surface area contributed by atoms with Gasteiger partial charge in [0.15, 0.2) is 0 Å². The van der Waals surface area contributed by atoms with Crippen molar-refractivity contribution in [1.29, 1.82) is 0 Å². The number of aromatic hydroxyl groups is 1. The lowest BCUT2D eigenvalue weighted by Gasteiger charge is -2.29. The van der Waals surface area contributed by atoms with Crippen molar-refractivity contribution >= 4 is 5.82 Å². The van der Waals surface area contributed by atoms with Gasteiger partial charge in [0, 0.05) is 18.6 Å². The van der Waals surface area contributed by atoms with Crippen LogP contribution in [-0.4, -0.2) is 48.7 Å². The number of nitrogens with one attached hydrogen (secondary N) is 2. The number of hydrogen-bond donors (Lipinski definition) is 3. The maximum absolute atomic E-state index is 9.95. The third-order valence-corrected chi connectivity index (χ3v) is 5.66. The van der Waals surface area contributed by atoms with Gasteiger partial charge in [0.1, 0.15) is 29.3 Å². The molecule has 3 N–H and O–H groups in total.